The van der Waals surface area contributed by atoms with Crippen LogP contribution in [0.4, 0.5) is 11.6 Å². The molecule has 0 amide bonds. The number of H-pyrrole nitrogens is 2. The monoisotopic (exact) mass is 515 g/mol. The molecular formula is C33H21N7. The van der Waals surface area contributed by atoms with E-state index in [4.69, 9.17) is 20.0 Å². The second-order valence-electron chi connectivity index (χ2n) is 10.2. The van der Waals surface area contributed by atoms with Gasteiger partial charge in [-0.15, -0.1) is 0 Å². The van der Waals surface area contributed by atoms with Crippen molar-refractivity contribution in [3.63, 3.8) is 0 Å². The Labute approximate surface area is 228 Å². The van der Waals surface area contributed by atoms with E-state index < -0.39 is 0 Å². The van der Waals surface area contributed by atoms with Gasteiger partial charge < -0.3 is 15.3 Å². The van der Waals surface area contributed by atoms with Gasteiger partial charge in [0.1, 0.15) is 23.0 Å². The summed E-state index contributed by atoms with van der Waals surface area (Å²) in [6.45, 7) is 0. The van der Waals surface area contributed by atoms with E-state index in [1.165, 1.54) is 5.56 Å². The number of aliphatic imine (C=N–C) groups is 3. The first-order chi connectivity index (χ1) is 19.8. The predicted octanol–water partition coefficient (Wildman–Crippen LogP) is 5.32. The van der Waals surface area contributed by atoms with Gasteiger partial charge in [0.05, 0.1) is 6.04 Å². The number of fused-ring (bicyclic) bond motifs is 19. The van der Waals surface area contributed by atoms with E-state index in [0.29, 0.717) is 11.7 Å². The van der Waals surface area contributed by atoms with Crippen LogP contribution in [0.1, 0.15) is 28.3 Å². The van der Waals surface area contributed by atoms with E-state index in [9.17, 15) is 0 Å². The van der Waals surface area contributed by atoms with Crippen molar-refractivity contribution in [1.29, 1.82) is 0 Å². The molecule has 0 fully saturated rings. The molecule has 3 aliphatic rings. The van der Waals surface area contributed by atoms with Gasteiger partial charge in [0, 0.05) is 43.6 Å². The minimum Gasteiger partial charge on any atom is -0.359 e. The Kier molecular flexibility index (Phi) is 4.26. The molecule has 0 spiro atoms. The lowest BCUT2D eigenvalue weighted by Gasteiger charge is -2.06. The molecule has 0 aliphatic carbocycles. The van der Waals surface area contributed by atoms with E-state index in [-0.39, 0.29) is 6.04 Å². The van der Waals surface area contributed by atoms with Gasteiger partial charge in [0.25, 0.3) is 0 Å². The largest absolute Gasteiger partial charge is 0.359 e. The molecule has 4 aromatic carbocycles. The minimum atomic E-state index is -0.0624. The van der Waals surface area contributed by atoms with Crippen molar-refractivity contribution in [2.24, 2.45) is 20.0 Å². The Morgan fingerprint density at radius 3 is 1.88 bits per heavy atom. The van der Waals surface area contributed by atoms with Crippen molar-refractivity contribution >= 4 is 56.8 Å². The van der Waals surface area contributed by atoms with E-state index in [0.717, 1.165) is 66.5 Å². The highest BCUT2D eigenvalue weighted by molar-refractivity contribution is 6.23. The fourth-order valence-corrected chi connectivity index (χ4v) is 5.99. The quantitative estimate of drug-likeness (QED) is 0.251. The molecule has 5 heterocycles. The van der Waals surface area contributed by atoms with E-state index >= 15 is 0 Å². The molecule has 0 saturated heterocycles. The molecule has 8 bridgehead atoms. The zero-order valence-electron chi connectivity index (χ0n) is 21.2. The Balaban J connectivity index is 1.41. The van der Waals surface area contributed by atoms with Crippen LogP contribution >= 0.6 is 0 Å². The summed E-state index contributed by atoms with van der Waals surface area (Å²) in [5.74, 6) is 3.56. The number of aromatic amines is 2. The summed E-state index contributed by atoms with van der Waals surface area (Å²) in [6.07, 6.45) is 2.23. The lowest BCUT2D eigenvalue weighted by molar-refractivity contribution is 0.864. The molecule has 0 saturated carbocycles. The highest BCUT2D eigenvalue weighted by Gasteiger charge is 2.27. The molecule has 1 atom stereocenters. The van der Waals surface area contributed by atoms with Crippen LogP contribution in [0.25, 0.3) is 27.6 Å². The number of hydrogen-bond donors (Lipinski definition) is 3. The minimum absolute atomic E-state index is 0.0624. The molecule has 9 rings (SSSR count). The third kappa shape index (κ3) is 3.06. The highest BCUT2D eigenvalue weighted by Crippen LogP contribution is 2.37. The van der Waals surface area contributed by atoms with Crippen LogP contribution in [0.5, 0.6) is 0 Å². The number of nitrogens with one attached hydrogen (secondary N) is 3. The zero-order chi connectivity index (χ0) is 26.2. The molecule has 6 aromatic rings. The van der Waals surface area contributed by atoms with Crippen molar-refractivity contribution < 1.29 is 0 Å². The molecule has 7 nitrogen and oxygen atoms in total. The number of rotatable bonds is 0. The van der Waals surface area contributed by atoms with Crippen LogP contribution in [0.3, 0.4) is 0 Å². The molecule has 3 aliphatic heterocycles. The van der Waals surface area contributed by atoms with Crippen molar-refractivity contribution in [2.75, 3.05) is 0 Å². The molecular weight excluding hydrogens is 494 g/mol. The van der Waals surface area contributed by atoms with Gasteiger partial charge in [-0.05, 0) is 11.6 Å². The fraction of sp³-hybridized carbons (Fsp3) is 0.0303. The molecule has 0 radical (unpaired) electrons. The van der Waals surface area contributed by atoms with Crippen molar-refractivity contribution in [2.45, 2.75) is 6.04 Å². The summed E-state index contributed by atoms with van der Waals surface area (Å²) in [7, 11) is 0. The number of amidine groups is 3. The van der Waals surface area contributed by atoms with Gasteiger partial charge in [0.2, 0.25) is 0 Å². The number of hydrogen-bond acceptors (Lipinski definition) is 5. The van der Waals surface area contributed by atoms with Crippen LogP contribution < -0.4 is 16.2 Å². The Morgan fingerprint density at radius 2 is 1.10 bits per heavy atom. The third-order valence-electron chi connectivity index (χ3n) is 7.86. The van der Waals surface area contributed by atoms with E-state index in [1.54, 1.807) is 0 Å². The van der Waals surface area contributed by atoms with Gasteiger partial charge in [-0.25, -0.2) is 20.0 Å². The van der Waals surface area contributed by atoms with Crippen LogP contribution in [0.15, 0.2) is 117 Å². The first kappa shape index (κ1) is 21.4. The summed E-state index contributed by atoms with van der Waals surface area (Å²) in [5.41, 5.74) is 4.95. The van der Waals surface area contributed by atoms with Crippen LogP contribution in [-0.2, 0) is 0 Å². The summed E-state index contributed by atoms with van der Waals surface area (Å²) in [4.78, 5) is 27.3. The van der Waals surface area contributed by atoms with Gasteiger partial charge >= 0.3 is 0 Å². The maximum absolute atomic E-state index is 5.13. The number of nitrogens with zero attached hydrogens (tertiary/aromatic N) is 4. The molecule has 7 heteroatoms. The topological polar surface area (TPSA) is 93.0 Å². The maximum atomic E-state index is 5.13. The number of aromatic nitrogens is 2. The second kappa shape index (κ2) is 7.97. The maximum Gasteiger partial charge on any atom is 0.164 e. The van der Waals surface area contributed by atoms with Gasteiger partial charge in [0.15, 0.2) is 11.7 Å². The SMILES string of the molecule is C1=c2\[nH]c(c3ccccc23)=NC2=N/C(=N\c3[nH]c(c4ccccc34)/N=C3\NC/1c1ccccc13)c1ccccc12. The standard InChI is InChI=1S/C33H21N7/c1-3-11-20-18(9-1)26-17-27-19-10-2-4-12-21(19)29(35-27)37-31-23-14-6-8-16-25(23)33(39-31)40-32-24-15-7-5-13-22(24)30(38-32)36-28(20)34-26/h1-17,26,38H,(H,34,36)(H,35,37,39,40)/b27-17-. The van der Waals surface area contributed by atoms with E-state index in [2.05, 4.69) is 82.0 Å². The summed E-state index contributed by atoms with van der Waals surface area (Å²) >= 11 is 0. The zero-order valence-corrected chi connectivity index (χ0v) is 21.2. The molecule has 188 valence electrons. The van der Waals surface area contributed by atoms with Gasteiger partial charge in [-0.1, -0.05) is 97.1 Å². The predicted molar refractivity (Wildman–Crippen MR) is 160 cm³/mol. The Morgan fingerprint density at radius 1 is 0.500 bits per heavy atom. The number of benzene rings is 4. The van der Waals surface area contributed by atoms with Crippen molar-refractivity contribution in [3.8, 4) is 0 Å². The molecule has 3 N–H and O–H groups in total. The summed E-state index contributed by atoms with van der Waals surface area (Å²) < 4.78 is 0. The summed E-state index contributed by atoms with van der Waals surface area (Å²) in [6, 6.07) is 33.0. The fourth-order valence-electron chi connectivity index (χ4n) is 5.99. The highest BCUT2D eigenvalue weighted by atomic mass is 15.1. The van der Waals surface area contributed by atoms with Gasteiger partial charge in [-0.3, -0.25) is 0 Å². The van der Waals surface area contributed by atoms with Crippen LogP contribution in [0, 0.1) is 0 Å². The van der Waals surface area contributed by atoms with Crippen LogP contribution in [-0.4, -0.2) is 27.5 Å². The Hall–Kier alpha value is -5.56. The lowest BCUT2D eigenvalue weighted by atomic mass is 10.0. The summed E-state index contributed by atoms with van der Waals surface area (Å²) in [5, 5.41) is 8.82. The smallest absolute Gasteiger partial charge is 0.164 e. The molecule has 1 unspecified atom stereocenters. The molecule has 40 heavy (non-hydrogen) atoms. The normalized spacial score (nSPS) is 20.2. The molecule has 2 aromatic heterocycles. The second-order valence-corrected chi connectivity index (χ2v) is 10.2. The van der Waals surface area contributed by atoms with Gasteiger partial charge in [-0.2, -0.15) is 0 Å². The van der Waals surface area contributed by atoms with Crippen molar-refractivity contribution in [1.82, 2.24) is 15.3 Å². The average Bonchev–Trinajstić information content (AvgIpc) is 3.73. The Bertz CT molecular complexity index is 2260. The first-order valence-electron chi connectivity index (χ1n) is 13.3. The average molecular weight is 516 g/mol. The lowest BCUT2D eigenvalue weighted by Crippen LogP contribution is -2.21. The van der Waals surface area contributed by atoms with Crippen LogP contribution in [0.2, 0.25) is 0 Å². The third-order valence-corrected chi connectivity index (χ3v) is 7.86. The first-order valence-corrected chi connectivity index (χ1v) is 13.3. The van der Waals surface area contributed by atoms with Crippen molar-refractivity contribution in [3.05, 3.63) is 130 Å². The van der Waals surface area contributed by atoms with E-state index in [1.807, 2.05) is 36.4 Å².